The minimum atomic E-state index is -4.20. The van der Waals surface area contributed by atoms with Crippen molar-refractivity contribution in [3.63, 3.8) is 0 Å². The van der Waals surface area contributed by atoms with Crippen LogP contribution in [-0.4, -0.2) is 32.8 Å². The third-order valence-electron chi connectivity index (χ3n) is 2.02. The van der Waals surface area contributed by atoms with Crippen LogP contribution in [0.2, 0.25) is 0 Å². The minimum Gasteiger partial charge on any atom is -0.222 e. The van der Waals surface area contributed by atoms with Crippen molar-refractivity contribution < 1.29 is 16.8 Å². The van der Waals surface area contributed by atoms with E-state index in [0.717, 1.165) is 7.05 Å². The van der Waals surface area contributed by atoms with Crippen LogP contribution in [0.4, 0.5) is 0 Å². The molecule has 0 atom stereocenters. The molecule has 1 aromatic heterocycles. The number of rotatable bonds is 3. The van der Waals surface area contributed by atoms with Gasteiger partial charge >= 0.3 is 10.2 Å². The van der Waals surface area contributed by atoms with Crippen molar-refractivity contribution in [2.75, 3.05) is 7.05 Å². The number of imidazole rings is 1. The zero-order valence-corrected chi connectivity index (χ0v) is 10.6. The number of hydrogen-bond donors (Lipinski definition) is 2. The average molecular weight is 268 g/mol. The molecular weight excluding hydrogens is 256 g/mol. The topological polar surface area (TPSA) is 124 Å². The average Bonchev–Trinajstić information content (AvgIpc) is 2.43. The molecule has 0 radical (unpaired) electrons. The molecule has 10 heteroatoms. The van der Waals surface area contributed by atoms with Gasteiger partial charge in [0.25, 0.3) is 15.2 Å². The Bertz CT molecular complexity index is 613. The van der Waals surface area contributed by atoms with Crippen LogP contribution in [0.25, 0.3) is 0 Å². The Hall–Kier alpha value is -0.970. The second-order valence-corrected chi connectivity index (χ2v) is 6.26. The number of hydrogen-bond acceptors (Lipinski definition) is 5. The molecule has 0 aliphatic rings. The summed E-state index contributed by atoms with van der Waals surface area (Å²) < 4.78 is 48.1. The summed E-state index contributed by atoms with van der Waals surface area (Å²) in [5.74, 6) is 0. The lowest BCUT2D eigenvalue weighted by molar-refractivity contribution is 0.560. The normalized spacial score (nSPS) is 13.0. The Morgan fingerprint density at radius 1 is 1.25 bits per heavy atom. The van der Waals surface area contributed by atoms with Gasteiger partial charge in [0.2, 0.25) is 0 Å². The quantitative estimate of drug-likeness (QED) is 0.687. The maximum atomic E-state index is 11.6. The largest absolute Gasteiger partial charge is 0.307 e. The van der Waals surface area contributed by atoms with Gasteiger partial charge in [-0.1, -0.05) is 0 Å². The summed E-state index contributed by atoms with van der Waals surface area (Å²) in [5, 5.41) is 4.19. The molecule has 0 bridgehead atoms. The highest BCUT2D eigenvalue weighted by atomic mass is 32.2. The van der Waals surface area contributed by atoms with Gasteiger partial charge in [-0.15, -0.1) is 0 Å². The summed E-state index contributed by atoms with van der Waals surface area (Å²) in [7, 11) is -7.01. The van der Waals surface area contributed by atoms with Crippen molar-refractivity contribution in [1.82, 2.24) is 13.7 Å². The Balaban J connectivity index is 3.76. The lowest BCUT2D eigenvalue weighted by Crippen LogP contribution is -2.31. The van der Waals surface area contributed by atoms with E-state index in [1.807, 2.05) is 4.72 Å². The SMILES string of the molecule is CNS(=O)(=O)n1c(S(N)(=O)=O)nc(C)c1C. The summed E-state index contributed by atoms with van der Waals surface area (Å²) in [4.78, 5) is 3.63. The highest BCUT2D eigenvalue weighted by molar-refractivity contribution is 7.91. The van der Waals surface area contributed by atoms with Crippen molar-refractivity contribution in [2.45, 2.75) is 19.0 Å². The third kappa shape index (κ3) is 2.09. The molecule has 0 aliphatic heterocycles. The second-order valence-electron chi connectivity index (χ2n) is 3.08. The fraction of sp³-hybridized carbons (Fsp3) is 0.500. The molecule has 0 fully saturated rings. The first-order valence-electron chi connectivity index (χ1n) is 4.14. The van der Waals surface area contributed by atoms with Crippen LogP contribution in [0.5, 0.6) is 0 Å². The number of aryl methyl sites for hydroxylation is 1. The molecule has 92 valence electrons. The van der Waals surface area contributed by atoms with Crippen LogP contribution in [0.3, 0.4) is 0 Å². The maximum absolute atomic E-state index is 11.6. The molecule has 0 spiro atoms. The Morgan fingerprint density at radius 2 is 1.75 bits per heavy atom. The van der Waals surface area contributed by atoms with Gasteiger partial charge in [0.05, 0.1) is 11.4 Å². The summed E-state index contributed by atoms with van der Waals surface area (Å²) in [6, 6.07) is 0. The predicted molar refractivity (Wildman–Crippen MR) is 56.5 cm³/mol. The van der Waals surface area contributed by atoms with Gasteiger partial charge in [-0.3, -0.25) is 0 Å². The molecule has 16 heavy (non-hydrogen) atoms. The van der Waals surface area contributed by atoms with Gasteiger partial charge in [-0.2, -0.15) is 8.42 Å². The summed E-state index contributed by atoms with van der Waals surface area (Å²) in [6.07, 6.45) is 0. The first kappa shape index (κ1) is 13.1. The molecule has 3 N–H and O–H groups in total. The lowest BCUT2D eigenvalue weighted by atomic mass is 10.4. The number of primary sulfonamides is 1. The zero-order valence-electron chi connectivity index (χ0n) is 8.92. The van der Waals surface area contributed by atoms with E-state index in [1.165, 1.54) is 13.8 Å². The van der Waals surface area contributed by atoms with Gasteiger partial charge in [0, 0.05) is 7.05 Å². The molecule has 1 heterocycles. The van der Waals surface area contributed by atoms with Gasteiger partial charge in [0.15, 0.2) is 0 Å². The van der Waals surface area contributed by atoms with Gasteiger partial charge in [-0.05, 0) is 13.8 Å². The molecule has 0 saturated heterocycles. The highest BCUT2D eigenvalue weighted by Gasteiger charge is 2.27. The molecule has 8 nitrogen and oxygen atoms in total. The van der Waals surface area contributed by atoms with Gasteiger partial charge in [0.1, 0.15) is 0 Å². The Morgan fingerprint density at radius 3 is 2.12 bits per heavy atom. The Kier molecular flexibility index (Phi) is 3.11. The van der Waals surface area contributed by atoms with Crippen molar-refractivity contribution in [2.24, 2.45) is 5.14 Å². The van der Waals surface area contributed by atoms with E-state index in [4.69, 9.17) is 5.14 Å². The van der Waals surface area contributed by atoms with E-state index in [-0.39, 0.29) is 11.4 Å². The number of aromatic nitrogens is 2. The molecular formula is C6H12N4O4S2. The van der Waals surface area contributed by atoms with Crippen LogP contribution in [-0.2, 0) is 20.2 Å². The monoisotopic (exact) mass is 268 g/mol. The maximum Gasteiger partial charge on any atom is 0.307 e. The molecule has 0 aliphatic carbocycles. The van der Waals surface area contributed by atoms with E-state index in [9.17, 15) is 16.8 Å². The highest BCUT2D eigenvalue weighted by Crippen LogP contribution is 2.15. The summed E-state index contributed by atoms with van der Waals surface area (Å²) in [6.45, 7) is 2.93. The third-order valence-corrected chi connectivity index (χ3v) is 4.36. The van der Waals surface area contributed by atoms with E-state index >= 15 is 0 Å². The molecule has 0 saturated carbocycles. The van der Waals surface area contributed by atoms with Crippen LogP contribution >= 0.6 is 0 Å². The van der Waals surface area contributed by atoms with E-state index in [1.54, 1.807) is 0 Å². The fourth-order valence-electron chi connectivity index (χ4n) is 1.11. The lowest BCUT2D eigenvalue weighted by Gasteiger charge is -2.08. The number of nitrogens with one attached hydrogen (secondary N) is 1. The molecule has 0 amide bonds. The fourth-order valence-corrected chi connectivity index (χ4v) is 3.27. The van der Waals surface area contributed by atoms with E-state index in [0.29, 0.717) is 3.97 Å². The predicted octanol–water partition coefficient (Wildman–Crippen LogP) is -1.54. The standard InChI is InChI=1S/C6H12N4O4S2/c1-4-5(2)10(16(13,14)8-3)6(9-4)15(7,11)12/h8H,1-3H3,(H2,7,11,12). The smallest absolute Gasteiger partial charge is 0.222 e. The number of nitrogens with zero attached hydrogens (tertiary/aromatic N) is 2. The molecule has 0 unspecified atom stereocenters. The van der Waals surface area contributed by atoms with Crippen LogP contribution in [0.15, 0.2) is 5.16 Å². The number of nitrogens with two attached hydrogens (primary N) is 1. The molecule has 1 rings (SSSR count). The summed E-state index contributed by atoms with van der Waals surface area (Å²) in [5.41, 5.74) is 0.473. The molecule has 1 aromatic rings. The zero-order chi connectivity index (χ0) is 12.7. The van der Waals surface area contributed by atoms with Crippen molar-refractivity contribution >= 4 is 20.2 Å². The second kappa shape index (κ2) is 3.80. The minimum absolute atomic E-state index is 0.193. The molecule has 0 aromatic carbocycles. The van der Waals surface area contributed by atoms with Gasteiger partial charge < -0.3 is 0 Å². The van der Waals surface area contributed by atoms with Crippen LogP contribution < -0.4 is 9.86 Å². The Labute approximate surface area is 93.7 Å². The first-order chi connectivity index (χ1) is 7.11. The summed E-state index contributed by atoms with van der Waals surface area (Å²) >= 11 is 0. The number of sulfonamides is 1. The van der Waals surface area contributed by atoms with Crippen molar-refractivity contribution in [1.29, 1.82) is 0 Å². The van der Waals surface area contributed by atoms with Gasteiger partial charge in [-0.25, -0.2) is 27.2 Å². The van der Waals surface area contributed by atoms with Crippen molar-refractivity contribution in [3.8, 4) is 0 Å². The van der Waals surface area contributed by atoms with Crippen molar-refractivity contribution in [3.05, 3.63) is 11.4 Å². The van der Waals surface area contributed by atoms with Crippen LogP contribution in [0.1, 0.15) is 11.4 Å². The first-order valence-corrected chi connectivity index (χ1v) is 7.12. The van der Waals surface area contributed by atoms with E-state index in [2.05, 4.69) is 4.98 Å². The van der Waals surface area contributed by atoms with Crippen LogP contribution in [0, 0.1) is 13.8 Å². The van der Waals surface area contributed by atoms with E-state index < -0.39 is 25.4 Å².